The molecule has 2 aromatic rings. The molecule has 0 saturated carbocycles. The second-order valence-electron chi connectivity index (χ2n) is 4.94. The van der Waals surface area contributed by atoms with Crippen molar-refractivity contribution in [2.24, 2.45) is 5.73 Å². The number of anilines is 1. The fourth-order valence-corrected chi connectivity index (χ4v) is 1.98. The Morgan fingerprint density at radius 2 is 2.26 bits per heavy atom. The normalized spacial score (nSPS) is 11.2. The topological polar surface area (TPSA) is 59.5 Å². The molecule has 102 valence electrons. The van der Waals surface area contributed by atoms with Gasteiger partial charge in [0.25, 0.3) is 0 Å². The first-order valence-electron chi connectivity index (χ1n) is 6.32. The van der Waals surface area contributed by atoms with Crippen molar-refractivity contribution in [2.75, 3.05) is 18.5 Å². The Bertz CT molecular complexity index is 590. The third-order valence-electron chi connectivity index (χ3n) is 3.04. The fraction of sp³-hybridized carbons (Fsp3) is 0.462. The Kier molecular flexibility index (Phi) is 3.99. The lowest BCUT2D eigenvalue weighted by Crippen LogP contribution is -2.24. The molecular weight excluding hydrogens is 258 g/mol. The fourth-order valence-electron chi connectivity index (χ4n) is 1.89. The summed E-state index contributed by atoms with van der Waals surface area (Å²) in [5.41, 5.74) is 7.62. The third kappa shape index (κ3) is 3.01. The van der Waals surface area contributed by atoms with Crippen molar-refractivity contribution >= 4 is 28.5 Å². The van der Waals surface area contributed by atoms with Gasteiger partial charge in [0.05, 0.1) is 10.7 Å². The van der Waals surface area contributed by atoms with Crippen molar-refractivity contribution in [3.8, 4) is 0 Å². The highest BCUT2D eigenvalue weighted by atomic mass is 32.1. The maximum absolute atomic E-state index is 5.54. The quantitative estimate of drug-likeness (QED) is 0.847. The van der Waals surface area contributed by atoms with Crippen LogP contribution in [-0.2, 0) is 0 Å². The van der Waals surface area contributed by atoms with Gasteiger partial charge < -0.3 is 10.6 Å². The molecule has 19 heavy (non-hydrogen) atoms. The van der Waals surface area contributed by atoms with Crippen molar-refractivity contribution in [3.05, 3.63) is 24.2 Å². The van der Waals surface area contributed by atoms with Crippen LogP contribution in [0.15, 0.2) is 18.5 Å². The standard InChI is InChI=1S/C13H19N5S/c1-9(2)10-8-11-13(15-5-7-18(11)16-10)17(3)6-4-12(14)19/h5,7-9H,4,6H2,1-3H3,(H2,14,19). The Balaban J connectivity index is 2.34. The summed E-state index contributed by atoms with van der Waals surface area (Å²) in [6.07, 6.45) is 4.31. The zero-order chi connectivity index (χ0) is 14.0. The molecule has 0 aromatic carbocycles. The lowest BCUT2D eigenvalue weighted by atomic mass is 10.1. The van der Waals surface area contributed by atoms with Crippen molar-refractivity contribution in [3.63, 3.8) is 0 Å². The highest BCUT2D eigenvalue weighted by Crippen LogP contribution is 2.22. The number of nitrogens with two attached hydrogens (primary N) is 1. The molecule has 0 amide bonds. The van der Waals surface area contributed by atoms with Gasteiger partial charge in [0.1, 0.15) is 5.52 Å². The van der Waals surface area contributed by atoms with Crippen LogP contribution in [0.3, 0.4) is 0 Å². The van der Waals surface area contributed by atoms with Crippen LogP contribution < -0.4 is 10.6 Å². The molecule has 0 unspecified atom stereocenters. The monoisotopic (exact) mass is 277 g/mol. The summed E-state index contributed by atoms with van der Waals surface area (Å²) in [5.74, 6) is 1.30. The molecule has 0 radical (unpaired) electrons. The Morgan fingerprint density at radius 3 is 2.89 bits per heavy atom. The molecule has 0 aliphatic rings. The van der Waals surface area contributed by atoms with Crippen LogP contribution >= 0.6 is 12.2 Å². The minimum atomic E-state index is 0.398. The summed E-state index contributed by atoms with van der Waals surface area (Å²) >= 11 is 4.91. The Hall–Kier alpha value is -1.69. The number of thiocarbonyl (C=S) groups is 1. The van der Waals surface area contributed by atoms with Crippen LogP contribution in [0.25, 0.3) is 5.52 Å². The van der Waals surface area contributed by atoms with Crippen molar-refractivity contribution in [2.45, 2.75) is 26.2 Å². The molecule has 2 heterocycles. The van der Waals surface area contributed by atoms with E-state index in [0.29, 0.717) is 17.3 Å². The van der Waals surface area contributed by atoms with Gasteiger partial charge in [-0.05, 0) is 12.0 Å². The van der Waals surface area contributed by atoms with Crippen LogP contribution in [0, 0.1) is 0 Å². The Morgan fingerprint density at radius 1 is 1.53 bits per heavy atom. The van der Waals surface area contributed by atoms with Gasteiger partial charge in [0.15, 0.2) is 5.82 Å². The van der Waals surface area contributed by atoms with Crippen LogP contribution in [0.2, 0.25) is 0 Å². The van der Waals surface area contributed by atoms with Crippen LogP contribution in [-0.4, -0.2) is 33.2 Å². The minimum absolute atomic E-state index is 0.398. The molecule has 2 rings (SSSR count). The van der Waals surface area contributed by atoms with Gasteiger partial charge in [0.2, 0.25) is 0 Å². The molecule has 0 atom stereocenters. The van der Waals surface area contributed by atoms with E-state index in [9.17, 15) is 0 Å². The molecule has 0 spiro atoms. The van der Waals surface area contributed by atoms with Gasteiger partial charge in [-0.15, -0.1) is 0 Å². The van der Waals surface area contributed by atoms with E-state index in [4.69, 9.17) is 18.0 Å². The van der Waals surface area contributed by atoms with Gasteiger partial charge in [-0.1, -0.05) is 26.1 Å². The first-order valence-corrected chi connectivity index (χ1v) is 6.73. The third-order valence-corrected chi connectivity index (χ3v) is 3.24. The number of rotatable bonds is 5. The largest absolute Gasteiger partial charge is 0.393 e. The van der Waals surface area contributed by atoms with Gasteiger partial charge >= 0.3 is 0 Å². The first kappa shape index (κ1) is 13.7. The molecule has 0 aliphatic heterocycles. The van der Waals surface area contributed by atoms with E-state index in [2.05, 4.69) is 34.9 Å². The lowest BCUT2D eigenvalue weighted by molar-refractivity contribution is 0.785. The molecule has 0 fully saturated rings. The predicted octanol–water partition coefficient (Wildman–Crippen LogP) is 1.97. The highest BCUT2D eigenvalue weighted by molar-refractivity contribution is 7.80. The summed E-state index contributed by atoms with van der Waals surface area (Å²) < 4.78 is 1.87. The number of aromatic nitrogens is 3. The van der Waals surface area contributed by atoms with Crippen molar-refractivity contribution in [1.82, 2.24) is 14.6 Å². The summed E-state index contributed by atoms with van der Waals surface area (Å²) in [7, 11) is 1.99. The van der Waals surface area contributed by atoms with E-state index in [1.165, 1.54) is 0 Å². The highest BCUT2D eigenvalue weighted by Gasteiger charge is 2.12. The predicted molar refractivity (Wildman–Crippen MR) is 81.7 cm³/mol. The van der Waals surface area contributed by atoms with E-state index < -0.39 is 0 Å². The number of hydrogen-bond acceptors (Lipinski definition) is 4. The average molecular weight is 277 g/mol. The van der Waals surface area contributed by atoms with Crippen molar-refractivity contribution in [1.29, 1.82) is 0 Å². The molecule has 2 N–H and O–H groups in total. The average Bonchev–Trinajstić information content (AvgIpc) is 2.79. The molecule has 2 aromatic heterocycles. The minimum Gasteiger partial charge on any atom is -0.393 e. The Labute approximate surface area is 118 Å². The summed E-state index contributed by atoms with van der Waals surface area (Å²) in [6.45, 7) is 5.01. The lowest BCUT2D eigenvalue weighted by Gasteiger charge is -2.18. The van der Waals surface area contributed by atoms with Crippen molar-refractivity contribution < 1.29 is 0 Å². The van der Waals surface area contributed by atoms with Gasteiger partial charge in [-0.25, -0.2) is 9.50 Å². The molecule has 0 saturated heterocycles. The van der Waals surface area contributed by atoms with Crippen LogP contribution in [0.5, 0.6) is 0 Å². The molecular formula is C13H19N5S. The van der Waals surface area contributed by atoms with E-state index in [1.807, 2.05) is 17.8 Å². The second kappa shape index (κ2) is 5.52. The van der Waals surface area contributed by atoms with E-state index in [-0.39, 0.29) is 0 Å². The zero-order valence-corrected chi connectivity index (χ0v) is 12.3. The van der Waals surface area contributed by atoms with Crippen LogP contribution in [0.1, 0.15) is 31.9 Å². The molecule has 5 nitrogen and oxygen atoms in total. The SMILES string of the molecule is CC(C)c1cc2c(N(C)CCC(N)=S)nccn2n1. The maximum atomic E-state index is 5.54. The van der Waals surface area contributed by atoms with Gasteiger partial charge in [-0.3, -0.25) is 0 Å². The van der Waals surface area contributed by atoms with E-state index in [1.54, 1.807) is 6.20 Å². The summed E-state index contributed by atoms with van der Waals surface area (Å²) in [5, 5.41) is 4.55. The van der Waals surface area contributed by atoms with Crippen LogP contribution in [0.4, 0.5) is 5.82 Å². The number of hydrogen-bond donors (Lipinski definition) is 1. The molecule has 6 heteroatoms. The zero-order valence-electron chi connectivity index (χ0n) is 11.5. The molecule has 0 bridgehead atoms. The second-order valence-corrected chi connectivity index (χ2v) is 5.47. The molecule has 0 aliphatic carbocycles. The summed E-state index contributed by atoms with van der Waals surface area (Å²) in [4.78, 5) is 7.02. The van der Waals surface area contributed by atoms with E-state index in [0.717, 1.165) is 23.6 Å². The number of nitrogens with zero attached hydrogens (tertiary/aromatic N) is 4. The smallest absolute Gasteiger partial charge is 0.154 e. The number of fused-ring (bicyclic) bond motifs is 1. The first-order chi connectivity index (χ1) is 8.99. The summed E-state index contributed by atoms with van der Waals surface area (Å²) in [6, 6.07) is 2.09. The van der Waals surface area contributed by atoms with Gasteiger partial charge in [-0.2, -0.15) is 5.10 Å². The van der Waals surface area contributed by atoms with Gasteiger partial charge in [0, 0.05) is 32.4 Å². The maximum Gasteiger partial charge on any atom is 0.154 e. The van der Waals surface area contributed by atoms with E-state index >= 15 is 0 Å².